The number of rotatable bonds is 9. The van der Waals surface area contributed by atoms with Crippen molar-refractivity contribution in [3.05, 3.63) is 36.2 Å². The SMILES string of the molecule is COC(=O)CN(CC(=O)OC)C(=O)CSc1nncn1-c1ccc(C(C)C)cc1. The molecule has 0 aliphatic heterocycles. The molecule has 1 aromatic heterocycles. The molecule has 0 aliphatic carbocycles. The predicted octanol–water partition coefficient (Wildman–Crippen LogP) is 1.66. The lowest BCUT2D eigenvalue weighted by Gasteiger charge is -2.19. The number of aromatic nitrogens is 3. The van der Waals surface area contributed by atoms with E-state index >= 15 is 0 Å². The second-order valence-electron chi connectivity index (χ2n) is 6.42. The number of carbonyl (C=O) groups excluding carboxylic acids is 3. The van der Waals surface area contributed by atoms with Crippen LogP contribution in [0, 0.1) is 0 Å². The largest absolute Gasteiger partial charge is 0.468 e. The van der Waals surface area contributed by atoms with Crippen LogP contribution in [0.5, 0.6) is 0 Å². The number of thioether (sulfide) groups is 1. The fourth-order valence-corrected chi connectivity index (χ4v) is 3.24. The van der Waals surface area contributed by atoms with Crippen LogP contribution in [0.4, 0.5) is 0 Å². The molecule has 0 N–H and O–H groups in total. The Bertz CT molecular complexity index is 833. The summed E-state index contributed by atoms with van der Waals surface area (Å²) >= 11 is 1.16. The Balaban J connectivity index is 2.08. The highest BCUT2D eigenvalue weighted by Gasteiger charge is 2.22. The number of hydrogen-bond donors (Lipinski definition) is 0. The van der Waals surface area contributed by atoms with Crippen molar-refractivity contribution in [1.29, 1.82) is 0 Å². The normalized spacial score (nSPS) is 10.7. The van der Waals surface area contributed by atoms with Gasteiger partial charge in [0.15, 0.2) is 5.16 Å². The van der Waals surface area contributed by atoms with E-state index in [1.807, 2.05) is 24.3 Å². The average molecular weight is 420 g/mol. The van der Waals surface area contributed by atoms with E-state index in [-0.39, 0.29) is 18.8 Å². The topological polar surface area (TPSA) is 104 Å². The van der Waals surface area contributed by atoms with Crippen molar-refractivity contribution < 1.29 is 23.9 Å². The Morgan fingerprint density at radius 2 is 1.66 bits per heavy atom. The van der Waals surface area contributed by atoms with Crippen LogP contribution in [0.2, 0.25) is 0 Å². The van der Waals surface area contributed by atoms with Gasteiger partial charge in [-0.2, -0.15) is 0 Å². The maximum absolute atomic E-state index is 12.5. The molecular weight excluding hydrogens is 396 g/mol. The van der Waals surface area contributed by atoms with Crippen molar-refractivity contribution in [3.8, 4) is 5.69 Å². The van der Waals surface area contributed by atoms with Gasteiger partial charge in [0.2, 0.25) is 5.91 Å². The van der Waals surface area contributed by atoms with Gasteiger partial charge in [0.25, 0.3) is 0 Å². The van der Waals surface area contributed by atoms with Gasteiger partial charge in [-0.1, -0.05) is 37.7 Å². The molecule has 156 valence electrons. The molecule has 1 heterocycles. The molecule has 9 nitrogen and oxygen atoms in total. The highest BCUT2D eigenvalue weighted by Crippen LogP contribution is 2.22. The lowest BCUT2D eigenvalue weighted by molar-refractivity contribution is -0.151. The van der Waals surface area contributed by atoms with Crippen LogP contribution < -0.4 is 0 Å². The first-order valence-corrected chi connectivity index (χ1v) is 9.88. The van der Waals surface area contributed by atoms with Crippen LogP contribution in [0.3, 0.4) is 0 Å². The summed E-state index contributed by atoms with van der Waals surface area (Å²) in [5, 5.41) is 8.50. The molecule has 1 aromatic carbocycles. The first-order valence-electron chi connectivity index (χ1n) is 8.90. The second kappa shape index (κ2) is 10.6. The van der Waals surface area contributed by atoms with E-state index < -0.39 is 17.8 Å². The summed E-state index contributed by atoms with van der Waals surface area (Å²) < 4.78 is 10.9. The van der Waals surface area contributed by atoms with Crippen molar-refractivity contribution in [2.24, 2.45) is 0 Å². The molecule has 0 spiro atoms. The molecule has 2 aromatic rings. The third kappa shape index (κ3) is 6.31. The molecule has 0 radical (unpaired) electrons. The molecule has 10 heteroatoms. The van der Waals surface area contributed by atoms with Gasteiger partial charge in [0, 0.05) is 5.69 Å². The van der Waals surface area contributed by atoms with Gasteiger partial charge in [0.05, 0.1) is 20.0 Å². The van der Waals surface area contributed by atoms with Gasteiger partial charge in [-0.15, -0.1) is 10.2 Å². The lowest BCUT2D eigenvalue weighted by atomic mass is 10.0. The van der Waals surface area contributed by atoms with Crippen LogP contribution in [0.25, 0.3) is 5.69 Å². The van der Waals surface area contributed by atoms with Crippen molar-refractivity contribution >= 4 is 29.6 Å². The van der Waals surface area contributed by atoms with Gasteiger partial charge < -0.3 is 14.4 Å². The zero-order chi connectivity index (χ0) is 21.4. The first-order chi connectivity index (χ1) is 13.8. The third-order valence-corrected chi connectivity index (χ3v) is 5.05. The Labute approximate surface area is 173 Å². The summed E-state index contributed by atoms with van der Waals surface area (Å²) in [6, 6.07) is 8.00. The summed E-state index contributed by atoms with van der Waals surface area (Å²) in [6.07, 6.45) is 1.57. The van der Waals surface area contributed by atoms with Crippen molar-refractivity contribution in [3.63, 3.8) is 0 Å². The Kier molecular flexibility index (Phi) is 8.20. The Hall–Kier alpha value is -2.88. The molecule has 0 bridgehead atoms. The number of benzene rings is 1. The predicted molar refractivity (Wildman–Crippen MR) is 107 cm³/mol. The van der Waals surface area contributed by atoms with E-state index in [0.29, 0.717) is 11.1 Å². The average Bonchev–Trinajstić information content (AvgIpc) is 3.19. The van der Waals surface area contributed by atoms with Gasteiger partial charge >= 0.3 is 11.9 Å². The van der Waals surface area contributed by atoms with E-state index in [1.165, 1.54) is 19.8 Å². The van der Waals surface area contributed by atoms with Gasteiger partial charge in [-0.3, -0.25) is 19.0 Å². The Morgan fingerprint density at radius 1 is 1.07 bits per heavy atom. The minimum atomic E-state index is -0.624. The highest BCUT2D eigenvalue weighted by molar-refractivity contribution is 7.99. The minimum Gasteiger partial charge on any atom is -0.468 e. The summed E-state index contributed by atoms with van der Waals surface area (Å²) in [6.45, 7) is 3.56. The number of ether oxygens (including phenoxy) is 2. The summed E-state index contributed by atoms with van der Waals surface area (Å²) in [5.74, 6) is -1.28. The number of nitrogens with zero attached hydrogens (tertiary/aromatic N) is 4. The molecule has 0 unspecified atom stereocenters. The second-order valence-corrected chi connectivity index (χ2v) is 7.36. The zero-order valence-corrected chi connectivity index (χ0v) is 17.6. The number of esters is 2. The molecular formula is C19H24N4O5S. The summed E-state index contributed by atoms with van der Waals surface area (Å²) in [5.41, 5.74) is 2.09. The number of methoxy groups -OCH3 is 2. The van der Waals surface area contributed by atoms with Crippen LogP contribution in [0.1, 0.15) is 25.3 Å². The van der Waals surface area contributed by atoms with Crippen LogP contribution in [-0.2, 0) is 23.9 Å². The molecule has 0 atom stereocenters. The lowest BCUT2D eigenvalue weighted by Crippen LogP contribution is -2.41. The van der Waals surface area contributed by atoms with Crippen molar-refractivity contribution in [1.82, 2.24) is 19.7 Å². The number of carbonyl (C=O) groups is 3. The van der Waals surface area contributed by atoms with Crippen molar-refractivity contribution in [2.75, 3.05) is 33.1 Å². The molecule has 0 saturated heterocycles. The maximum atomic E-state index is 12.5. The van der Waals surface area contributed by atoms with E-state index in [0.717, 1.165) is 22.3 Å². The standard InChI is InChI=1S/C19H24N4O5S/c1-13(2)14-5-7-15(8-6-14)23-12-20-21-19(23)29-11-16(24)22(9-17(25)27-3)10-18(26)28-4/h5-8,12-13H,9-11H2,1-4H3. The minimum absolute atomic E-state index is 0.0310. The fraction of sp³-hybridized carbons (Fsp3) is 0.421. The molecule has 29 heavy (non-hydrogen) atoms. The maximum Gasteiger partial charge on any atom is 0.325 e. The summed E-state index contributed by atoms with van der Waals surface area (Å²) in [4.78, 5) is 36.7. The molecule has 0 aliphatic rings. The smallest absolute Gasteiger partial charge is 0.325 e. The van der Waals surface area contributed by atoms with Crippen molar-refractivity contribution in [2.45, 2.75) is 24.9 Å². The molecule has 0 fully saturated rings. The van der Waals surface area contributed by atoms with Gasteiger partial charge in [-0.25, -0.2) is 0 Å². The number of amides is 1. The van der Waals surface area contributed by atoms with E-state index in [9.17, 15) is 14.4 Å². The fourth-order valence-electron chi connectivity index (χ4n) is 2.41. The van der Waals surface area contributed by atoms with Gasteiger partial charge in [0.1, 0.15) is 19.4 Å². The molecule has 1 amide bonds. The highest BCUT2D eigenvalue weighted by atomic mass is 32.2. The number of hydrogen-bond acceptors (Lipinski definition) is 8. The molecule has 2 rings (SSSR count). The van der Waals surface area contributed by atoms with E-state index in [1.54, 1.807) is 10.9 Å². The zero-order valence-electron chi connectivity index (χ0n) is 16.8. The van der Waals surface area contributed by atoms with Crippen LogP contribution in [-0.4, -0.2) is 70.6 Å². The quantitative estimate of drug-likeness (QED) is 0.446. The Morgan fingerprint density at radius 3 is 2.17 bits per heavy atom. The third-order valence-electron chi connectivity index (χ3n) is 4.13. The summed E-state index contributed by atoms with van der Waals surface area (Å²) in [7, 11) is 2.43. The van der Waals surface area contributed by atoms with E-state index in [4.69, 9.17) is 0 Å². The monoisotopic (exact) mass is 420 g/mol. The first kappa shape index (κ1) is 22.4. The van der Waals surface area contributed by atoms with Gasteiger partial charge in [-0.05, 0) is 23.6 Å². The van der Waals surface area contributed by atoms with Crippen LogP contribution >= 0.6 is 11.8 Å². The molecule has 0 saturated carbocycles. The van der Waals surface area contributed by atoms with Crippen LogP contribution in [0.15, 0.2) is 35.7 Å². The van der Waals surface area contributed by atoms with E-state index in [2.05, 4.69) is 33.5 Å².